The molecule has 114 valence electrons. The maximum Gasteiger partial charge on any atom is 0.340 e. The second-order valence-corrected chi connectivity index (χ2v) is 4.79. The fourth-order valence-corrected chi connectivity index (χ4v) is 2.05. The number of ether oxygens (including phenoxy) is 1. The molecule has 0 aliphatic heterocycles. The minimum atomic E-state index is -0.443. The van der Waals surface area contributed by atoms with Gasteiger partial charge in [-0.25, -0.2) is 9.48 Å². The van der Waals surface area contributed by atoms with E-state index in [0.29, 0.717) is 29.4 Å². The smallest absolute Gasteiger partial charge is 0.340 e. The summed E-state index contributed by atoms with van der Waals surface area (Å²) in [7, 11) is 0. The Labute approximate surface area is 125 Å². The molecule has 0 fully saturated rings. The molecule has 3 aromatic heterocycles. The van der Waals surface area contributed by atoms with Crippen LogP contribution in [-0.2, 0) is 17.9 Å². The lowest BCUT2D eigenvalue weighted by atomic mass is 10.3. The van der Waals surface area contributed by atoms with Crippen molar-refractivity contribution in [3.63, 3.8) is 0 Å². The number of carbonyl (C=O) groups excluding carboxylic acids is 1. The highest BCUT2D eigenvalue weighted by Gasteiger charge is 2.13. The van der Waals surface area contributed by atoms with Gasteiger partial charge in [0, 0.05) is 12.7 Å². The first-order chi connectivity index (χ1) is 10.7. The number of esters is 1. The molecule has 0 unspecified atom stereocenters. The van der Waals surface area contributed by atoms with Crippen LogP contribution in [0.5, 0.6) is 0 Å². The molecule has 0 aliphatic carbocycles. The summed E-state index contributed by atoms with van der Waals surface area (Å²) in [6, 6.07) is 3.37. The van der Waals surface area contributed by atoms with Crippen molar-refractivity contribution in [2.45, 2.75) is 33.4 Å². The predicted octanol–water partition coefficient (Wildman–Crippen LogP) is 0.791. The summed E-state index contributed by atoms with van der Waals surface area (Å²) in [6.45, 7) is 4.55. The van der Waals surface area contributed by atoms with E-state index in [1.54, 1.807) is 27.4 Å². The van der Waals surface area contributed by atoms with Crippen LogP contribution in [0.4, 0.5) is 0 Å². The number of rotatable bonds is 5. The monoisotopic (exact) mass is 301 g/mol. The highest BCUT2D eigenvalue weighted by molar-refractivity contribution is 5.89. The molecule has 3 heterocycles. The number of fused-ring (bicyclic) bond motifs is 1. The number of pyridine rings is 1. The van der Waals surface area contributed by atoms with Crippen LogP contribution >= 0.6 is 0 Å². The van der Waals surface area contributed by atoms with Gasteiger partial charge in [0.05, 0.1) is 5.56 Å². The summed E-state index contributed by atoms with van der Waals surface area (Å²) in [6.07, 6.45) is 2.55. The van der Waals surface area contributed by atoms with Gasteiger partial charge in [-0.05, 0) is 35.9 Å². The highest BCUT2D eigenvalue weighted by Crippen LogP contribution is 2.09. The van der Waals surface area contributed by atoms with Crippen LogP contribution in [0, 0.1) is 6.92 Å². The van der Waals surface area contributed by atoms with Gasteiger partial charge in [0.1, 0.15) is 5.82 Å². The topological polar surface area (TPSA) is 100 Å². The molecule has 0 saturated heterocycles. The van der Waals surface area contributed by atoms with E-state index >= 15 is 0 Å². The number of hydrogen-bond donors (Lipinski definition) is 0. The van der Waals surface area contributed by atoms with Crippen molar-refractivity contribution < 1.29 is 9.53 Å². The van der Waals surface area contributed by atoms with E-state index in [0.717, 1.165) is 6.42 Å². The molecule has 22 heavy (non-hydrogen) atoms. The Morgan fingerprint density at radius 2 is 2.14 bits per heavy atom. The number of aromatic nitrogens is 7. The summed E-state index contributed by atoms with van der Waals surface area (Å²) >= 11 is 0. The molecule has 9 heteroatoms. The molecule has 0 N–H and O–H groups in total. The Kier molecular flexibility index (Phi) is 3.77. The third kappa shape index (κ3) is 2.65. The van der Waals surface area contributed by atoms with Crippen molar-refractivity contribution >= 4 is 11.6 Å². The molecule has 3 aromatic rings. The van der Waals surface area contributed by atoms with Gasteiger partial charge in [-0.2, -0.15) is 0 Å². The lowest BCUT2D eigenvalue weighted by Gasteiger charge is -2.05. The van der Waals surface area contributed by atoms with Gasteiger partial charge in [-0.3, -0.25) is 4.40 Å². The molecule has 0 amide bonds. The van der Waals surface area contributed by atoms with Crippen molar-refractivity contribution in [3.05, 3.63) is 35.5 Å². The van der Waals surface area contributed by atoms with Crippen LogP contribution in [-0.4, -0.2) is 40.8 Å². The average Bonchev–Trinajstić information content (AvgIpc) is 3.12. The Hall–Kier alpha value is -2.84. The first-order valence-corrected chi connectivity index (χ1v) is 6.92. The number of nitrogens with zero attached hydrogens (tertiary/aromatic N) is 7. The number of tetrazole rings is 1. The van der Waals surface area contributed by atoms with Crippen molar-refractivity contribution in [2.24, 2.45) is 0 Å². The minimum absolute atomic E-state index is 0.0328. The molecule has 0 aromatic carbocycles. The van der Waals surface area contributed by atoms with E-state index in [9.17, 15) is 4.79 Å². The van der Waals surface area contributed by atoms with Gasteiger partial charge in [0.15, 0.2) is 18.1 Å². The predicted molar refractivity (Wildman–Crippen MR) is 75.0 cm³/mol. The first-order valence-electron chi connectivity index (χ1n) is 6.92. The fraction of sp³-hybridized carbons (Fsp3) is 0.385. The highest BCUT2D eigenvalue weighted by atomic mass is 16.5. The standard InChI is InChI=1S/C13H15N7O2/c1-3-6-20-12(16-17-18-20)8-22-13(21)10-4-5-11-15-14-9(2)19(11)7-10/h4-5,7H,3,6,8H2,1-2H3. The third-order valence-electron chi connectivity index (χ3n) is 3.18. The number of hydrogen-bond acceptors (Lipinski definition) is 7. The largest absolute Gasteiger partial charge is 0.454 e. The first kappa shape index (κ1) is 14.1. The zero-order valence-electron chi connectivity index (χ0n) is 12.3. The lowest BCUT2D eigenvalue weighted by molar-refractivity contribution is 0.0456. The Morgan fingerprint density at radius 3 is 2.95 bits per heavy atom. The maximum absolute atomic E-state index is 12.1. The average molecular weight is 301 g/mol. The molecular formula is C13H15N7O2. The van der Waals surface area contributed by atoms with Gasteiger partial charge < -0.3 is 4.74 Å². The number of carbonyl (C=O) groups is 1. The molecule has 3 rings (SSSR count). The van der Waals surface area contributed by atoms with Crippen molar-refractivity contribution in [2.75, 3.05) is 0 Å². The van der Waals surface area contributed by atoms with Gasteiger partial charge in [-0.1, -0.05) is 6.92 Å². The van der Waals surface area contributed by atoms with Crippen LogP contribution in [0.15, 0.2) is 18.3 Å². The molecule has 0 atom stereocenters. The van der Waals surface area contributed by atoms with E-state index in [4.69, 9.17) is 4.74 Å². The Bertz CT molecular complexity index is 808. The van der Waals surface area contributed by atoms with Crippen molar-refractivity contribution in [1.82, 2.24) is 34.8 Å². The molecule has 0 spiro atoms. The SMILES string of the molecule is CCCn1nnnc1COC(=O)c1ccc2nnc(C)n2c1. The summed E-state index contributed by atoms with van der Waals surface area (Å²) in [5, 5.41) is 19.2. The summed E-state index contributed by atoms with van der Waals surface area (Å²) in [4.78, 5) is 12.1. The van der Waals surface area contributed by atoms with Gasteiger partial charge >= 0.3 is 5.97 Å². The fourth-order valence-electron chi connectivity index (χ4n) is 2.05. The van der Waals surface area contributed by atoms with E-state index in [1.165, 1.54) is 0 Å². The normalized spacial score (nSPS) is 11.0. The third-order valence-corrected chi connectivity index (χ3v) is 3.18. The van der Waals surface area contributed by atoms with Crippen LogP contribution in [0.3, 0.4) is 0 Å². The van der Waals surface area contributed by atoms with E-state index < -0.39 is 5.97 Å². The zero-order valence-corrected chi connectivity index (χ0v) is 12.3. The summed E-state index contributed by atoms with van der Waals surface area (Å²) < 4.78 is 8.63. The van der Waals surface area contributed by atoms with Crippen LogP contribution in [0.2, 0.25) is 0 Å². The quantitative estimate of drug-likeness (QED) is 0.642. The van der Waals surface area contributed by atoms with Crippen LogP contribution < -0.4 is 0 Å². The van der Waals surface area contributed by atoms with Crippen molar-refractivity contribution in [3.8, 4) is 0 Å². The molecule has 0 saturated carbocycles. The minimum Gasteiger partial charge on any atom is -0.454 e. The summed E-state index contributed by atoms with van der Waals surface area (Å²) in [5.74, 6) is 0.786. The van der Waals surface area contributed by atoms with E-state index in [-0.39, 0.29) is 6.61 Å². The lowest BCUT2D eigenvalue weighted by Crippen LogP contribution is -2.11. The number of aryl methyl sites for hydroxylation is 2. The molecule has 0 radical (unpaired) electrons. The summed E-state index contributed by atoms with van der Waals surface area (Å²) in [5.41, 5.74) is 1.10. The van der Waals surface area contributed by atoms with Gasteiger partial charge in [0.25, 0.3) is 0 Å². The second kappa shape index (κ2) is 5.88. The molecule has 9 nitrogen and oxygen atoms in total. The molecular weight excluding hydrogens is 286 g/mol. The Morgan fingerprint density at radius 1 is 1.27 bits per heavy atom. The van der Waals surface area contributed by atoms with Crippen molar-refractivity contribution in [1.29, 1.82) is 0 Å². The second-order valence-electron chi connectivity index (χ2n) is 4.79. The van der Waals surface area contributed by atoms with Gasteiger partial charge in [0.2, 0.25) is 0 Å². The maximum atomic E-state index is 12.1. The zero-order chi connectivity index (χ0) is 15.5. The van der Waals surface area contributed by atoms with Crippen LogP contribution in [0.25, 0.3) is 5.65 Å². The van der Waals surface area contributed by atoms with Crippen LogP contribution in [0.1, 0.15) is 35.4 Å². The molecule has 0 aliphatic rings. The van der Waals surface area contributed by atoms with Gasteiger partial charge in [-0.15, -0.1) is 15.3 Å². The van der Waals surface area contributed by atoms with E-state index in [2.05, 4.69) is 25.7 Å². The Balaban J connectivity index is 1.72. The molecule has 0 bridgehead atoms. The van der Waals surface area contributed by atoms with E-state index in [1.807, 2.05) is 13.8 Å².